The molecule has 248 valence electrons. The number of nitrogen functional groups attached to an aromatic ring is 1. The average Bonchev–Trinajstić information content (AvgIpc) is 3.83. The van der Waals surface area contributed by atoms with Crippen molar-refractivity contribution in [3.05, 3.63) is 50.9 Å². The summed E-state index contributed by atoms with van der Waals surface area (Å²) in [4.78, 5) is 74.2. The number of aryl methyl sites for hydroxylation is 1. The number of amides is 3. The van der Waals surface area contributed by atoms with E-state index in [1.54, 1.807) is 4.90 Å². The molecule has 0 bridgehead atoms. The summed E-state index contributed by atoms with van der Waals surface area (Å²) in [5.41, 5.74) is 5.18. The van der Waals surface area contributed by atoms with Crippen LogP contribution in [0.1, 0.15) is 30.2 Å². The maximum atomic E-state index is 13.4. The van der Waals surface area contributed by atoms with Gasteiger partial charge in [-0.25, -0.2) is 14.4 Å². The van der Waals surface area contributed by atoms with Crippen LogP contribution in [0.25, 0.3) is 0 Å². The molecular formula is C26H25N8NaO11S2. The van der Waals surface area contributed by atoms with Gasteiger partial charge in [0.15, 0.2) is 40.8 Å². The molecule has 4 aliphatic heterocycles. The predicted molar refractivity (Wildman–Crippen MR) is 158 cm³/mol. The molecule has 0 aliphatic carbocycles. The number of thioether (sulfide) groups is 1. The standard InChI is InChI=1S/C26H26N8O11S2.Na/c1-10-14(45-26(41)44-10)8-43-25(40)32-4-3-13(7-32)33-5-2-11(20(33)36)6-12-9-46-22-16(21(37)34(22)17(12)23(38)39)28-19(35)15(30-42)18-29-24(27)47-31-18;/h6,13,16,22,42H,2-5,7-9H2,1H3,(H,28,35)(H,38,39)(H2,27,29,31);/q;+1/p-1/b11-6+,30-15-;/t13-,16-,22-;/m1./s1. The van der Waals surface area contributed by atoms with Gasteiger partial charge in [-0.15, -0.1) is 11.8 Å². The van der Waals surface area contributed by atoms with Crippen LogP contribution in [0.4, 0.5) is 9.93 Å². The first-order valence-corrected chi connectivity index (χ1v) is 15.8. The smallest absolute Gasteiger partial charge is 0.857 e. The number of carboxylic acid groups (broad SMARTS) is 1. The topological polar surface area (TPSA) is 271 Å². The normalized spacial score (nSPS) is 23.8. The van der Waals surface area contributed by atoms with E-state index in [1.807, 2.05) is 0 Å². The number of β-lactam (4-membered cyclic amide) rings is 1. The average molecular weight is 713 g/mol. The Bertz CT molecular complexity index is 1850. The molecule has 3 atom stereocenters. The molecule has 6 rings (SSSR count). The zero-order chi connectivity index (χ0) is 33.6. The number of fused-ring (bicyclic) bond motifs is 1. The van der Waals surface area contributed by atoms with E-state index in [2.05, 4.69) is 19.5 Å². The van der Waals surface area contributed by atoms with Crippen LogP contribution in [0.2, 0.25) is 0 Å². The molecule has 2 aromatic heterocycles. The Hall–Kier alpha value is -4.18. The molecule has 3 amide bonds. The van der Waals surface area contributed by atoms with E-state index in [0.717, 1.165) is 28.2 Å². The van der Waals surface area contributed by atoms with Gasteiger partial charge in [-0.1, -0.05) is 5.16 Å². The van der Waals surface area contributed by atoms with Gasteiger partial charge in [0.25, 0.3) is 5.91 Å². The van der Waals surface area contributed by atoms with Gasteiger partial charge in [0, 0.05) is 48.4 Å². The largest absolute Gasteiger partial charge is 1.00 e. The Morgan fingerprint density at radius 1 is 1.25 bits per heavy atom. The van der Waals surface area contributed by atoms with Crippen LogP contribution in [0.3, 0.4) is 0 Å². The number of aliphatic imine (C=N–C) groups is 1. The number of oxime groups is 1. The first-order chi connectivity index (χ1) is 22.5. The summed E-state index contributed by atoms with van der Waals surface area (Å²) in [6, 6.07) is -1.54. The number of aliphatic carboxylic acids is 1. The molecule has 4 N–H and O–H groups in total. The summed E-state index contributed by atoms with van der Waals surface area (Å²) in [5, 5.41) is 34.1. The number of allylic oxidation sites excluding steroid dienone is 1. The van der Waals surface area contributed by atoms with Gasteiger partial charge in [0.2, 0.25) is 5.91 Å². The molecule has 19 nitrogen and oxygen atoms in total. The number of nitrogens with zero attached hydrogens (tertiary/aromatic N) is 7. The van der Waals surface area contributed by atoms with Crippen LogP contribution in [0.5, 0.6) is 0 Å². The van der Waals surface area contributed by atoms with Gasteiger partial charge in [-0.05, 0) is 31.4 Å². The fourth-order valence-corrected chi connectivity index (χ4v) is 7.36. The Morgan fingerprint density at radius 3 is 2.67 bits per heavy atom. The number of ether oxygens (including phenoxy) is 1. The molecule has 6 heterocycles. The monoisotopic (exact) mass is 712 g/mol. The maximum Gasteiger partial charge on any atom is 1.00 e. The first kappa shape index (κ1) is 35.1. The van der Waals surface area contributed by atoms with E-state index >= 15 is 0 Å². The second-order valence-electron chi connectivity index (χ2n) is 10.7. The summed E-state index contributed by atoms with van der Waals surface area (Å²) in [5.74, 6) is -4.28. The Kier molecular flexibility index (Phi) is 10.3. The first-order valence-electron chi connectivity index (χ1n) is 14.0. The molecule has 22 heteroatoms. The molecule has 48 heavy (non-hydrogen) atoms. The number of anilines is 1. The Labute approximate surface area is 300 Å². The van der Waals surface area contributed by atoms with Crippen molar-refractivity contribution in [2.24, 2.45) is 10.1 Å². The Morgan fingerprint density at radius 2 is 2.02 bits per heavy atom. The summed E-state index contributed by atoms with van der Waals surface area (Å²) < 4.78 is 18.6. The molecule has 2 aromatic rings. The number of rotatable bonds is 8. The number of carboxylic acids is 1. The zero-order valence-corrected chi connectivity index (χ0v) is 29.0. The molecule has 0 saturated carbocycles. The molecule has 0 unspecified atom stereocenters. The maximum absolute atomic E-state index is 13.4. The van der Waals surface area contributed by atoms with Crippen molar-refractivity contribution in [1.82, 2.24) is 24.1 Å². The van der Waals surface area contributed by atoms with E-state index in [-0.39, 0.29) is 94.2 Å². The molecular weight excluding hydrogens is 687 g/mol. The van der Waals surface area contributed by atoms with Crippen molar-refractivity contribution in [3.63, 3.8) is 0 Å². The minimum atomic E-state index is -1.39. The van der Waals surface area contributed by atoms with E-state index in [9.17, 15) is 39.4 Å². The van der Waals surface area contributed by atoms with Crippen LogP contribution in [-0.2, 0) is 25.7 Å². The van der Waals surface area contributed by atoms with Crippen molar-refractivity contribution in [1.29, 1.82) is 0 Å². The van der Waals surface area contributed by atoms with Crippen molar-refractivity contribution in [2.75, 3.05) is 31.1 Å². The summed E-state index contributed by atoms with van der Waals surface area (Å²) in [6.45, 7) is 2.12. The number of hydrogen-bond donors (Lipinski definition) is 3. The molecule has 0 radical (unpaired) electrons. The second kappa shape index (κ2) is 14.1. The molecule has 4 aliphatic rings. The van der Waals surface area contributed by atoms with E-state index in [1.165, 1.54) is 17.9 Å². The Balaban J connectivity index is 0.00000451. The third kappa shape index (κ3) is 6.59. The third-order valence-corrected chi connectivity index (χ3v) is 9.75. The van der Waals surface area contributed by atoms with E-state index in [0.29, 0.717) is 31.5 Å². The van der Waals surface area contributed by atoms with Crippen LogP contribution < -0.4 is 46.2 Å². The fourth-order valence-electron chi connectivity index (χ4n) is 5.64. The number of aromatic nitrogens is 2. The summed E-state index contributed by atoms with van der Waals surface area (Å²) in [6.07, 6.45) is 1.66. The molecule has 3 fully saturated rings. The number of nitrogens with two attached hydrogens (primary N) is 1. The minimum Gasteiger partial charge on any atom is -0.857 e. The molecule has 0 spiro atoms. The second-order valence-corrected chi connectivity index (χ2v) is 12.6. The summed E-state index contributed by atoms with van der Waals surface area (Å²) >= 11 is 1.93. The van der Waals surface area contributed by atoms with Crippen molar-refractivity contribution < 1.29 is 77.7 Å². The van der Waals surface area contributed by atoms with Crippen molar-refractivity contribution in [2.45, 2.75) is 43.8 Å². The van der Waals surface area contributed by atoms with Gasteiger partial charge < -0.3 is 44.5 Å². The van der Waals surface area contributed by atoms with Gasteiger partial charge >= 0.3 is 47.4 Å². The van der Waals surface area contributed by atoms with Gasteiger partial charge in [-0.2, -0.15) is 9.36 Å². The zero-order valence-electron chi connectivity index (χ0n) is 25.4. The van der Waals surface area contributed by atoms with Crippen LogP contribution in [0, 0.1) is 6.92 Å². The SMILES string of the molecule is Cc1oc(=O)oc1COC(=O)N1CC[C@@H](N2CC/C(=C\C3=C(C(=O)O)N4C(=O)[C@@H](N=C([O-])/C(=N\O)c5nsc(N)n5)[C@H]4SC3)C2=O)C1.[Na+]. The number of hydrogen-bond acceptors (Lipinski definition) is 17. The predicted octanol–water partition coefficient (Wildman–Crippen LogP) is -3.89. The van der Waals surface area contributed by atoms with Gasteiger partial charge in [0.1, 0.15) is 11.1 Å². The minimum absolute atomic E-state index is 0. The number of carbonyl (C=O) groups excluding carboxylic acids is 3. The van der Waals surface area contributed by atoms with Crippen molar-refractivity contribution in [3.8, 4) is 0 Å². The summed E-state index contributed by atoms with van der Waals surface area (Å²) in [7, 11) is 0. The quantitative estimate of drug-likeness (QED) is 0.0449. The van der Waals surface area contributed by atoms with Gasteiger partial charge in [-0.3, -0.25) is 19.5 Å². The van der Waals surface area contributed by atoms with E-state index < -0.39 is 46.8 Å². The van der Waals surface area contributed by atoms with Crippen LogP contribution in [-0.4, -0.2) is 113 Å². The number of carbonyl (C=O) groups is 4. The molecule has 0 aromatic carbocycles. The van der Waals surface area contributed by atoms with Crippen LogP contribution in [0.15, 0.2) is 46.7 Å². The van der Waals surface area contributed by atoms with Crippen LogP contribution >= 0.6 is 23.3 Å². The fraction of sp³-hybridized carbons (Fsp3) is 0.423. The van der Waals surface area contributed by atoms with Crippen molar-refractivity contribution >= 4 is 63.9 Å². The number of likely N-dealkylation sites (tertiary alicyclic amines) is 2. The van der Waals surface area contributed by atoms with E-state index in [4.69, 9.17) is 19.3 Å². The third-order valence-electron chi connectivity index (χ3n) is 7.92. The van der Waals surface area contributed by atoms with Gasteiger partial charge in [0.05, 0.1) is 6.04 Å². The molecule has 3 saturated heterocycles.